The predicted octanol–water partition coefficient (Wildman–Crippen LogP) is 2.42. The fourth-order valence-corrected chi connectivity index (χ4v) is 1.88. The number of aliphatic imine (C=N–C) groups is 1. The van der Waals surface area contributed by atoms with Gasteiger partial charge in [0.05, 0.1) is 12.9 Å². The lowest BCUT2D eigenvalue weighted by atomic mass is 10.2. The van der Waals surface area contributed by atoms with E-state index in [1.807, 2.05) is 32.1 Å². The summed E-state index contributed by atoms with van der Waals surface area (Å²) in [5.41, 5.74) is 3.25. The van der Waals surface area contributed by atoms with Crippen molar-refractivity contribution in [3.63, 3.8) is 0 Å². The monoisotopic (exact) mass is 311 g/mol. The fraction of sp³-hybridized carbons (Fsp3) is 0.250. The quantitative estimate of drug-likeness (QED) is 0.433. The molecule has 0 atom stereocenters. The van der Waals surface area contributed by atoms with Crippen molar-refractivity contribution in [2.45, 2.75) is 13.8 Å². The van der Waals surface area contributed by atoms with Crippen molar-refractivity contribution in [3.05, 3.63) is 48.7 Å². The van der Waals surface area contributed by atoms with Gasteiger partial charge in [0, 0.05) is 12.7 Å². The van der Waals surface area contributed by atoms with Crippen molar-refractivity contribution < 1.29 is 0 Å². The number of nitrogens with zero attached hydrogens (tertiary/aromatic N) is 4. The molecular formula is C16H21N7. The largest absolute Gasteiger partial charge is 0.361 e. The lowest BCUT2D eigenvalue weighted by molar-refractivity contribution is 1.07. The maximum atomic E-state index is 4.27. The molecule has 3 N–H and O–H groups in total. The smallest absolute Gasteiger partial charge is 0.182 e. The minimum atomic E-state index is 0.488. The van der Waals surface area contributed by atoms with Gasteiger partial charge in [0.15, 0.2) is 11.5 Å². The van der Waals surface area contributed by atoms with E-state index in [0.717, 1.165) is 22.6 Å². The number of rotatable bonds is 6. The molecule has 0 bridgehead atoms. The van der Waals surface area contributed by atoms with E-state index in [9.17, 15) is 0 Å². The molecule has 2 heterocycles. The molecule has 0 radical (unpaired) electrons. The van der Waals surface area contributed by atoms with Crippen LogP contribution in [0.1, 0.15) is 13.8 Å². The van der Waals surface area contributed by atoms with Crippen LogP contribution in [0.4, 0.5) is 5.82 Å². The second-order valence-electron chi connectivity index (χ2n) is 4.86. The Morgan fingerprint density at radius 3 is 2.91 bits per heavy atom. The van der Waals surface area contributed by atoms with Crippen LogP contribution in [0.5, 0.6) is 0 Å². The van der Waals surface area contributed by atoms with Gasteiger partial charge in [0.1, 0.15) is 17.7 Å². The first-order valence-corrected chi connectivity index (χ1v) is 7.25. The summed E-state index contributed by atoms with van der Waals surface area (Å²) in [7, 11) is 1.74. The highest BCUT2D eigenvalue weighted by Gasteiger charge is 2.07. The third-order valence-corrected chi connectivity index (χ3v) is 3.11. The summed E-state index contributed by atoms with van der Waals surface area (Å²) in [5.74, 6) is 1.46. The number of hydrogen-bond acceptors (Lipinski definition) is 5. The van der Waals surface area contributed by atoms with Gasteiger partial charge >= 0.3 is 0 Å². The maximum Gasteiger partial charge on any atom is 0.182 e. The molecule has 0 aliphatic carbocycles. The summed E-state index contributed by atoms with van der Waals surface area (Å²) < 4.78 is 0. The van der Waals surface area contributed by atoms with E-state index in [2.05, 4.69) is 42.1 Å². The molecule has 0 saturated heterocycles. The molecule has 0 aliphatic rings. The first-order valence-electron chi connectivity index (χ1n) is 7.25. The number of hydrogen-bond donors (Lipinski definition) is 3. The number of anilines is 1. The second kappa shape index (κ2) is 7.88. The molecule has 0 fully saturated rings. The third kappa shape index (κ3) is 4.26. The van der Waals surface area contributed by atoms with E-state index in [-0.39, 0.29) is 0 Å². The van der Waals surface area contributed by atoms with Crippen molar-refractivity contribution in [2.75, 3.05) is 18.9 Å². The van der Waals surface area contributed by atoms with Gasteiger partial charge in [0.25, 0.3) is 0 Å². The lowest BCUT2D eigenvalue weighted by Gasteiger charge is -2.14. The van der Waals surface area contributed by atoms with Crippen LogP contribution in [0.2, 0.25) is 0 Å². The Bertz CT molecular complexity index is 768. The minimum absolute atomic E-state index is 0.488. The Hall–Kier alpha value is -2.96. The van der Waals surface area contributed by atoms with Crippen LogP contribution in [-0.2, 0) is 0 Å². The summed E-state index contributed by atoms with van der Waals surface area (Å²) in [6, 6.07) is 0. The van der Waals surface area contributed by atoms with E-state index in [0.29, 0.717) is 18.0 Å². The number of aromatic nitrogens is 4. The number of H-pyrrole nitrogens is 1. The van der Waals surface area contributed by atoms with Gasteiger partial charge in [-0.05, 0) is 25.5 Å². The number of amidine groups is 1. The maximum absolute atomic E-state index is 4.27. The molecule has 23 heavy (non-hydrogen) atoms. The van der Waals surface area contributed by atoms with Crippen molar-refractivity contribution in [1.29, 1.82) is 0 Å². The molecule has 7 nitrogen and oxygen atoms in total. The zero-order valence-corrected chi connectivity index (χ0v) is 13.6. The fourth-order valence-electron chi connectivity index (χ4n) is 1.88. The highest BCUT2D eigenvalue weighted by atomic mass is 15.1. The number of imidazole rings is 1. The topological polar surface area (TPSA) is 90.9 Å². The van der Waals surface area contributed by atoms with Crippen LogP contribution in [0.25, 0.3) is 11.2 Å². The molecule has 2 rings (SSSR count). The van der Waals surface area contributed by atoms with E-state index in [4.69, 9.17) is 0 Å². The highest BCUT2D eigenvalue weighted by molar-refractivity contribution is 5.90. The molecule has 0 aliphatic heterocycles. The van der Waals surface area contributed by atoms with Gasteiger partial charge in [-0.1, -0.05) is 18.7 Å². The van der Waals surface area contributed by atoms with Crippen LogP contribution >= 0.6 is 0 Å². The van der Waals surface area contributed by atoms with Crippen LogP contribution in [0.15, 0.2) is 53.7 Å². The Morgan fingerprint density at radius 1 is 1.39 bits per heavy atom. The molecule has 2 aromatic heterocycles. The summed E-state index contributed by atoms with van der Waals surface area (Å²) in [6.07, 6.45) is 8.95. The molecule has 0 aromatic carbocycles. The highest BCUT2D eigenvalue weighted by Crippen LogP contribution is 2.13. The van der Waals surface area contributed by atoms with E-state index in [1.54, 1.807) is 13.4 Å². The van der Waals surface area contributed by atoms with Crippen LogP contribution in [0, 0.1) is 0 Å². The summed E-state index contributed by atoms with van der Waals surface area (Å²) in [4.78, 5) is 19.7. The second-order valence-corrected chi connectivity index (χ2v) is 4.86. The van der Waals surface area contributed by atoms with Gasteiger partial charge in [-0.2, -0.15) is 0 Å². The average molecular weight is 311 g/mol. The third-order valence-electron chi connectivity index (χ3n) is 3.11. The van der Waals surface area contributed by atoms with Gasteiger partial charge in [-0.15, -0.1) is 0 Å². The number of allylic oxidation sites excluding steroid dienone is 4. The summed E-state index contributed by atoms with van der Waals surface area (Å²) in [6.45, 7) is 8.37. The Kier molecular flexibility index (Phi) is 5.62. The average Bonchev–Trinajstić information content (AvgIpc) is 3.03. The van der Waals surface area contributed by atoms with Crippen molar-refractivity contribution in [1.82, 2.24) is 25.3 Å². The minimum Gasteiger partial charge on any atom is -0.361 e. The molecule has 2 aromatic rings. The van der Waals surface area contributed by atoms with Crippen LogP contribution in [-0.4, -0.2) is 39.4 Å². The normalized spacial score (nSPS) is 12.8. The van der Waals surface area contributed by atoms with Gasteiger partial charge in [-0.3, -0.25) is 4.99 Å². The molecule has 0 spiro atoms. The first-order chi connectivity index (χ1) is 11.2. The van der Waals surface area contributed by atoms with E-state index < -0.39 is 0 Å². The van der Waals surface area contributed by atoms with E-state index >= 15 is 0 Å². The van der Waals surface area contributed by atoms with Crippen molar-refractivity contribution >= 4 is 22.8 Å². The predicted molar refractivity (Wildman–Crippen MR) is 94.4 cm³/mol. The SMILES string of the molecule is C=C(C)/C(=C\C=C/C)NC(CNc1ncnc2nc[nH]c12)=NC. The molecule has 0 saturated carbocycles. The molecular weight excluding hydrogens is 290 g/mol. The Morgan fingerprint density at radius 2 is 2.22 bits per heavy atom. The van der Waals surface area contributed by atoms with Crippen LogP contribution < -0.4 is 10.6 Å². The lowest BCUT2D eigenvalue weighted by Crippen LogP contribution is -2.30. The Balaban J connectivity index is 2.08. The number of fused-ring (bicyclic) bond motifs is 1. The Labute approximate surface area is 135 Å². The summed E-state index contributed by atoms with van der Waals surface area (Å²) in [5, 5.41) is 6.51. The molecule has 7 heteroatoms. The van der Waals surface area contributed by atoms with Gasteiger partial charge in [0.2, 0.25) is 0 Å². The van der Waals surface area contributed by atoms with Gasteiger partial charge < -0.3 is 15.6 Å². The van der Waals surface area contributed by atoms with Crippen LogP contribution in [0.3, 0.4) is 0 Å². The summed E-state index contributed by atoms with van der Waals surface area (Å²) >= 11 is 0. The van der Waals surface area contributed by atoms with E-state index in [1.165, 1.54) is 6.33 Å². The van der Waals surface area contributed by atoms with Crippen molar-refractivity contribution in [3.8, 4) is 0 Å². The first kappa shape index (κ1) is 16.4. The zero-order valence-electron chi connectivity index (χ0n) is 13.6. The molecule has 120 valence electrons. The van der Waals surface area contributed by atoms with Crippen molar-refractivity contribution in [2.24, 2.45) is 4.99 Å². The molecule has 0 unspecified atom stereocenters. The number of aromatic amines is 1. The standard InChI is InChI=1S/C16H21N7/c1-5-6-7-12(11(2)3)23-13(17-4)8-18-15-14-16(20-9-19-14)22-10-21-15/h5-7,9-10H,2,8H2,1,3-4H3,(H,17,23)(H2,18,19,20,21,22)/b6-5-,12-7+. The van der Waals surface area contributed by atoms with Gasteiger partial charge in [-0.25, -0.2) is 15.0 Å². The number of nitrogens with one attached hydrogen (secondary N) is 3. The molecule has 0 amide bonds. The zero-order chi connectivity index (χ0) is 16.7.